The van der Waals surface area contributed by atoms with Crippen molar-refractivity contribution in [3.63, 3.8) is 0 Å². The van der Waals surface area contributed by atoms with Gasteiger partial charge in [0.25, 0.3) is 0 Å². The molecule has 0 atom stereocenters. The molecule has 0 radical (unpaired) electrons. The highest BCUT2D eigenvalue weighted by Crippen LogP contribution is 2.35. The first-order valence-corrected chi connectivity index (χ1v) is 5.79. The van der Waals surface area contributed by atoms with Crippen LogP contribution in [0.1, 0.15) is 10.4 Å². The Kier molecular flexibility index (Phi) is 3.55. The zero-order chi connectivity index (χ0) is 13.3. The molecule has 0 aliphatic carbocycles. The lowest BCUT2D eigenvalue weighted by Gasteiger charge is -2.08. The molecule has 0 aliphatic rings. The largest absolute Gasteiger partial charge is 0.366 e. The summed E-state index contributed by atoms with van der Waals surface area (Å²) in [6.07, 6.45) is 0. The third-order valence-corrected chi connectivity index (χ3v) is 3.06. The smallest absolute Gasteiger partial charge is 0.248 e. The second-order valence-electron chi connectivity index (χ2n) is 3.69. The summed E-state index contributed by atoms with van der Waals surface area (Å²) in [5, 5.41) is 0.757. The lowest BCUT2D eigenvalue weighted by atomic mass is 10.0. The number of amides is 1. The van der Waals surface area contributed by atoms with Gasteiger partial charge in [0.2, 0.25) is 5.91 Å². The predicted molar refractivity (Wildman–Crippen MR) is 70.4 cm³/mol. The Morgan fingerprint density at radius 1 is 1.11 bits per heavy atom. The number of hydrogen-bond donors (Lipinski definition) is 1. The van der Waals surface area contributed by atoms with Crippen LogP contribution in [0.4, 0.5) is 4.39 Å². The lowest BCUT2D eigenvalue weighted by Crippen LogP contribution is -2.11. The van der Waals surface area contributed by atoms with Crippen LogP contribution >= 0.6 is 23.2 Å². The fourth-order valence-electron chi connectivity index (χ4n) is 1.65. The summed E-state index contributed by atoms with van der Waals surface area (Å²) in [5.41, 5.74) is 6.10. The van der Waals surface area contributed by atoms with Crippen molar-refractivity contribution in [3.8, 4) is 11.1 Å². The highest BCUT2D eigenvalue weighted by atomic mass is 35.5. The quantitative estimate of drug-likeness (QED) is 0.893. The third kappa shape index (κ3) is 2.47. The molecule has 1 amide bonds. The van der Waals surface area contributed by atoms with Crippen LogP contribution < -0.4 is 5.73 Å². The van der Waals surface area contributed by atoms with Crippen LogP contribution in [0.25, 0.3) is 11.1 Å². The summed E-state index contributed by atoms with van der Waals surface area (Å²) >= 11 is 12.1. The Hall–Kier alpha value is -1.58. The minimum absolute atomic E-state index is 0.0704. The van der Waals surface area contributed by atoms with E-state index >= 15 is 0 Å². The molecule has 5 heteroatoms. The molecule has 2 N–H and O–H groups in total. The first-order chi connectivity index (χ1) is 8.49. The van der Waals surface area contributed by atoms with Gasteiger partial charge < -0.3 is 5.73 Å². The second kappa shape index (κ2) is 4.96. The number of hydrogen-bond acceptors (Lipinski definition) is 1. The Labute approximate surface area is 113 Å². The number of primary amides is 1. The average Bonchev–Trinajstić information content (AvgIpc) is 2.28. The van der Waals surface area contributed by atoms with Crippen LogP contribution in [0.2, 0.25) is 10.0 Å². The maximum absolute atomic E-state index is 13.4. The molecule has 18 heavy (non-hydrogen) atoms. The third-order valence-electron chi connectivity index (χ3n) is 2.43. The molecule has 0 bridgehead atoms. The molecular weight excluding hydrogens is 276 g/mol. The van der Waals surface area contributed by atoms with Crippen molar-refractivity contribution in [2.45, 2.75) is 0 Å². The number of carbonyl (C=O) groups excluding carboxylic acids is 1. The minimum atomic E-state index is -0.709. The summed E-state index contributed by atoms with van der Waals surface area (Å²) in [6, 6.07) is 8.73. The predicted octanol–water partition coefficient (Wildman–Crippen LogP) is 3.90. The van der Waals surface area contributed by atoms with Crippen molar-refractivity contribution >= 4 is 29.1 Å². The molecule has 0 fully saturated rings. The van der Waals surface area contributed by atoms with Gasteiger partial charge in [0.05, 0.1) is 0 Å². The van der Waals surface area contributed by atoms with Gasteiger partial charge >= 0.3 is 0 Å². The number of rotatable bonds is 2. The van der Waals surface area contributed by atoms with Crippen LogP contribution in [-0.4, -0.2) is 5.91 Å². The van der Waals surface area contributed by atoms with Crippen molar-refractivity contribution in [1.82, 2.24) is 0 Å². The van der Waals surface area contributed by atoms with Gasteiger partial charge in [0.1, 0.15) is 5.82 Å². The van der Waals surface area contributed by atoms with Gasteiger partial charge in [0.15, 0.2) is 0 Å². The second-order valence-corrected chi connectivity index (χ2v) is 4.50. The standard InChI is InChI=1S/C13H8Cl2FNO/c14-10-2-1-3-11(15)12(10)7-4-8(13(17)18)6-9(16)5-7/h1-6H,(H2,17,18). The fraction of sp³-hybridized carbons (Fsp3) is 0. The number of nitrogens with two attached hydrogens (primary N) is 1. The number of halogens is 3. The zero-order valence-corrected chi connectivity index (χ0v) is 10.6. The Morgan fingerprint density at radius 3 is 2.28 bits per heavy atom. The van der Waals surface area contributed by atoms with E-state index in [2.05, 4.69) is 0 Å². The zero-order valence-electron chi connectivity index (χ0n) is 9.08. The SMILES string of the molecule is NC(=O)c1cc(F)cc(-c2c(Cl)cccc2Cl)c1. The molecule has 2 aromatic carbocycles. The number of benzene rings is 2. The van der Waals surface area contributed by atoms with Crippen LogP contribution in [0.5, 0.6) is 0 Å². The Morgan fingerprint density at radius 2 is 1.72 bits per heavy atom. The van der Waals surface area contributed by atoms with E-state index in [1.54, 1.807) is 18.2 Å². The van der Waals surface area contributed by atoms with Crippen molar-refractivity contribution in [2.24, 2.45) is 5.73 Å². The van der Waals surface area contributed by atoms with E-state index < -0.39 is 11.7 Å². The lowest BCUT2D eigenvalue weighted by molar-refractivity contribution is 0.1000. The van der Waals surface area contributed by atoms with Gasteiger partial charge in [-0.15, -0.1) is 0 Å². The highest BCUT2D eigenvalue weighted by Gasteiger charge is 2.12. The molecule has 0 saturated carbocycles. The monoisotopic (exact) mass is 283 g/mol. The molecule has 0 heterocycles. The van der Waals surface area contributed by atoms with Crippen LogP contribution in [0.3, 0.4) is 0 Å². The molecule has 0 saturated heterocycles. The van der Waals surface area contributed by atoms with E-state index in [4.69, 9.17) is 28.9 Å². The van der Waals surface area contributed by atoms with Gasteiger partial charge in [-0.3, -0.25) is 4.79 Å². The minimum Gasteiger partial charge on any atom is -0.366 e. The van der Waals surface area contributed by atoms with Crippen LogP contribution in [-0.2, 0) is 0 Å². The molecule has 2 rings (SSSR count). The average molecular weight is 284 g/mol. The van der Waals surface area contributed by atoms with E-state index in [-0.39, 0.29) is 5.56 Å². The van der Waals surface area contributed by atoms with E-state index in [1.807, 2.05) is 0 Å². The maximum Gasteiger partial charge on any atom is 0.248 e. The van der Waals surface area contributed by atoms with Gasteiger partial charge in [-0.05, 0) is 35.9 Å². The van der Waals surface area contributed by atoms with E-state index in [9.17, 15) is 9.18 Å². The number of carbonyl (C=O) groups is 1. The van der Waals surface area contributed by atoms with Crippen molar-refractivity contribution in [2.75, 3.05) is 0 Å². The van der Waals surface area contributed by atoms with E-state index in [0.29, 0.717) is 21.2 Å². The Balaban J connectivity index is 2.68. The summed E-state index contributed by atoms with van der Waals surface area (Å²) < 4.78 is 13.4. The van der Waals surface area contributed by atoms with E-state index in [0.717, 1.165) is 6.07 Å². The normalized spacial score (nSPS) is 10.4. The van der Waals surface area contributed by atoms with E-state index in [1.165, 1.54) is 12.1 Å². The first-order valence-electron chi connectivity index (χ1n) is 5.04. The Bertz CT molecular complexity index is 608. The fourth-order valence-corrected chi connectivity index (χ4v) is 2.27. The van der Waals surface area contributed by atoms with Gasteiger partial charge in [0, 0.05) is 21.2 Å². The molecule has 0 aromatic heterocycles. The molecule has 0 aliphatic heterocycles. The maximum atomic E-state index is 13.4. The van der Waals surface area contributed by atoms with Crippen molar-refractivity contribution in [3.05, 3.63) is 57.8 Å². The topological polar surface area (TPSA) is 43.1 Å². The molecule has 2 aromatic rings. The summed E-state index contributed by atoms with van der Waals surface area (Å²) in [6.45, 7) is 0. The summed E-state index contributed by atoms with van der Waals surface area (Å²) in [7, 11) is 0. The first kappa shape index (κ1) is 12.9. The highest BCUT2D eigenvalue weighted by molar-refractivity contribution is 6.39. The molecule has 92 valence electrons. The van der Waals surface area contributed by atoms with Crippen LogP contribution in [0.15, 0.2) is 36.4 Å². The van der Waals surface area contributed by atoms with Crippen molar-refractivity contribution in [1.29, 1.82) is 0 Å². The van der Waals surface area contributed by atoms with Gasteiger partial charge in [-0.25, -0.2) is 4.39 Å². The summed E-state index contributed by atoms with van der Waals surface area (Å²) in [5.74, 6) is -1.28. The molecule has 0 unspecified atom stereocenters. The summed E-state index contributed by atoms with van der Waals surface area (Å²) in [4.78, 5) is 11.1. The van der Waals surface area contributed by atoms with Gasteiger partial charge in [-0.1, -0.05) is 29.3 Å². The molecule has 0 spiro atoms. The van der Waals surface area contributed by atoms with Gasteiger partial charge in [-0.2, -0.15) is 0 Å². The van der Waals surface area contributed by atoms with Crippen molar-refractivity contribution < 1.29 is 9.18 Å². The molecule has 2 nitrogen and oxygen atoms in total. The van der Waals surface area contributed by atoms with Crippen LogP contribution in [0, 0.1) is 5.82 Å². The molecular formula is C13H8Cl2FNO.